The molecule has 0 bridgehead atoms. The van der Waals surface area contributed by atoms with Crippen LogP contribution < -0.4 is 16.0 Å². The number of rotatable bonds is 9. The Morgan fingerprint density at radius 1 is 1.08 bits per heavy atom. The summed E-state index contributed by atoms with van der Waals surface area (Å²) in [6.07, 6.45) is 2.11. The van der Waals surface area contributed by atoms with E-state index in [0.29, 0.717) is 19.6 Å². The largest absolute Gasteiger partial charge is 0.385 e. The zero-order chi connectivity index (χ0) is 18.6. The zero-order valence-corrected chi connectivity index (χ0v) is 14.7. The summed E-state index contributed by atoms with van der Waals surface area (Å²) in [4.78, 5) is 11.9. The first-order valence-corrected chi connectivity index (χ1v) is 8.29. The third-order valence-corrected chi connectivity index (χ3v) is 3.51. The monoisotopic (exact) mass is 350 g/mol. The molecular formula is C20H22N4O2. The lowest BCUT2D eigenvalue weighted by Gasteiger charge is -2.08. The molecule has 0 fully saturated rings. The summed E-state index contributed by atoms with van der Waals surface area (Å²) in [6.45, 7) is 1.03. The van der Waals surface area contributed by atoms with Gasteiger partial charge in [-0.3, -0.25) is 4.79 Å². The molecule has 134 valence electrons. The summed E-state index contributed by atoms with van der Waals surface area (Å²) in [5.41, 5.74) is 2.75. The fraction of sp³-hybridized carbons (Fsp3) is 0.200. The van der Waals surface area contributed by atoms with Gasteiger partial charge in [-0.1, -0.05) is 18.2 Å². The number of hydrogen-bond acceptors (Lipinski definition) is 5. The molecule has 0 saturated carbocycles. The lowest BCUT2D eigenvalue weighted by Crippen LogP contribution is -2.26. The first-order chi connectivity index (χ1) is 12.7. The Bertz CT molecular complexity index is 765. The van der Waals surface area contributed by atoms with Crippen molar-refractivity contribution in [3.05, 3.63) is 66.4 Å². The average molecular weight is 350 g/mol. The molecule has 26 heavy (non-hydrogen) atoms. The molecule has 0 heterocycles. The highest BCUT2D eigenvalue weighted by Crippen LogP contribution is 2.18. The number of nitrogens with zero attached hydrogens (tertiary/aromatic N) is 1. The Kier molecular flexibility index (Phi) is 7.72. The number of nitriles is 1. The Morgan fingerprint density at radius 3 is 2.38 bits per heavy atom. The minimum Gasteiger partial charge on any atom is -0.385 e. The number of benzene rings is 2. The number of carbonyl (C=O) groups is 1. The molecule has 2 aromatic rings. The normalized spacial score (nSPS) is 10.7. The number of ether oxygens (including phenoxy) is 1. The molecular weight excluding hydrogens is 328 g/mol. The highest BCUT2D eigenvalue weighted by molar-refractivity contribution is 5.97. The minimum absolute atomic E-state index is 0.0221. The van der Waals surface area contributed by atoms with Gasteiger partial charge in [0.2, 0.25) is 0 Å². The number of anilines is 3. The number of amides is 1. The molecule has 0 aromatic heterocycles. The quantitative estimate of drug-likeness (QED) is 0.367. The van der Waals surface area contributed by atoms with Crippen LogP contribution in [0.5, 0.6) is 0 Å². The van der Waals surface area contributed by atoms with Gasteiger partial charge in [-0.25, -0.2) is 0 Å². The van der Waals surface area contributed by atoms with Crippen LogP contribution in [0, 0.1) is 11.3 Å². The van der Waals surface area contributed by atoms with E-state index in [1.807, 2.05) is 60.7 Å². The molecule has 3 N–H and O–H groups in total. The number of carbonyl (C=O) groups excluding carboxylic acids is 1. The van der Waals surface area contributed by atoms with Crippen molar-refractivity contribution in [1.82, 2.24) is 5.32 Å². The number of nitrogens with one attached hydrogen (secondary N) is 3. The van der Waals surface area contributed by atoms with E-state index in [2.05, 4.69) is 16.0 Å². The third-order valence-electron chi connectivity index (χ3n) is 3.51. The van der Waals surface area contributed by atoms with Gasteiger partial charge in [0.15, 0.2) is 0 Å². The van der Waals surface area contributed by atoms with Crippen molar-refractivity contribution in [3.8, 4) is 6.07 Å². The van der Waals surface area contributed by atoms with Crippen LogP contribution in [-0.2, 0) is 9.53 Å². The maximum absolute atomic E-state index is 11.9. The zero-order valence-electron chi connectivity index (χ0n) is 14.7. The van der Waals surface area contributed by atoms with Crippen LogP contribution >= 0.6 is 0 Å². The molecule has 6 heteroatoms. The predicted molar refractivity (Wildman–Crippen MR) is 103 cm³/mol. The van der Waals surface area contributed by atoms with Gasteiger partial charge in [0, 0.05) is 43.5 Å². The van der Waals surface area contributed by atoms with Crippen LogP contribution in [0.2, 0.25) is 0 Å². The molecule has 1 amide bonds. The first kappa shape index (κ1) is 19.0. The number of hydrogen-bond donors (Lipinski definition) is 3. The van der Waals surface area contributed by atoms with Gasteiger partial charge >= 0.3 is 0 Å². The van der Waals surface area contributed by atoms with Gasteiger partial charge < -0.3 is 20.7 Å². The maximum atomic E-state index is 11.9. The molecule has 2 rings (SSSR count). The van der Waals surface area contributed by atoms with Gasteiger partial charge in [-0.05, 0) is 42.8 Å². The van der Waals surface area contributed by atoms with Crippen LogP contribution in [0.3, 0.4) is 0 Å². The lowest BCUT2D eigenvalue weighted by molar-refractivity contribution is -0.117. The summed E-state index contributed by atoms with van der Waals surface area (Å²) in [5, 5.41) is 18.1. The molecule has 0 aliphatic heterocycles. The van der Waals surface area contributed by atoms with Crippen molar-refractivity contribution < 1.29 is 9.53 Å². The second-order valence-corrected chi connectivity index (χ2v) is 5.48. The number of para-hydroxylation sites is 1. The SMILES string of the molecule is COCCCNC(=O)/C(C#N)=C\Nc1ccc(Nc2ccccc2)cc1. The maximum Gasteiger partial charge on any atom is 0.263 e. The smallest absolute Gasteiger partial charge is 0.263 e. The van der Waals surface area contributed by atoms with Crippen LogP contribution in [0.15, 0.2) is 66.4 Å². The summed E-state index contributed by atoms with van der Waals surface area (Å²) in [5.74, 6) is -0.404. The van der Waals surface area contributed by atoms with E-state index < -0.39 is 5.91 Å². The summed E-state index contributed by atoms with van der Waals surface area (Å²) < 4.78 is 4.91. The summed E-state index contributed by atoms with van der Waals surface area (Å²) >= 11 is 0. The second kappa shape index (κ2) is 10.5. The first-order valence-electron chi connectivity index (χ1n) is 8.29. The van der Waals surface area contributed by atoms with E-state index in [9.17, 15) is 4.79 Å². The topological polar surface area (TPSA) is 86.2 Å². The van der Waals surface area contributed by atoms with E-state index in [0.717, 1.165) is 17.1 Å². The van der Waals surface area contributed by atoms with Crippen molar-refractivity contribution in [2.24, 2.45) is 0 Å². The Labute approximate surface area is 153 Å². The minimum atomic E-state index is -0.404. The molecule has 0 radical (unpaired) electrons. The standard InChI is InChI=1S/C20H22N4O2/c1-26-13-5-12-22-20(25)16(14-21)15-23-17-8-10-19(11-9-17)24-18-6-3-2-4-7-18/h2-4,6-11,15,23-24H,5,12-13H2,1H3,(H,22,25)/b16-15-. The van der Waals surface area contributed by atoms with E-state index in [4.69, 9.17) is 10.00 Å². The third kappa shape index (κ3) is 6.30. The van der Waals surface area contributed by atoms with Crippen molar-refractivity contribution in [2.45, 2.75) is 6.42 Å². The molecule has 0 unspecified atom stereocenters. The molecule has 0 aliphatic rings. The molecule has 0 aliphatic carbocycles. The fourth-order valence-corrected chi connectivity index (χ4v) is 2.16. The molecule has 6 nitrogen and oxygen atoms in total. The van der Waals surface area contributed by atoms with E-state index in [1.54, 1.807) is 7.11 Å². The Morgan fingerprint density at radius 2 is 1.73 bits per heavy atom. The van der Waals surface area contributed by atoms with Crippen LogP contribution in [0.4, 0.5) is 17.1 Å². The highest BCUT2D eigenvalue weighted by Gasteiger charge is 2.07. The lowest BCUT2D eigenvalue weighted by atomic mass is 10.2. The van der Waals surface area contributed by atoms with E-state index >= 15 is 0 Å². The average Bonchev–Trinajstić information content (AvgIpc) is 2.68. The van der Waals surface area contributed by atoms with Gasteiger partial charge in [0.05, 0.1) is 0 Å². The number of methoxy groups -OCH3 is 1. The molecule has 0 spiro atoms. The van der Waals surface area contributed by atoms with Gasteiger partial charge in [-0.15, -0.1) is 0 Å². The van der Waals surface area contributed by atoms with Crippen LogP contribution in [0.1, 0.15) is 6.42 Å². The Hall–Kier alpha value is -3.30. The summed E-state index contributed by atoms with van der Waals surface area (Å²) in [6, 6.07) is 19.3. The summed E-state index contributed by atoms with van der Waals surface area (Å²) in [7, 11) is 1.60. The second-order valence-electron chi connectivity index (χ2n) is 5.48. The molecule has 2 aromatic carbocycles. The van der Waals surface area contributed by atoms with Crippen molar-refractivity contribution in [3.63, 3.8) is 0 Å². The van der Waals surface area contributed by atoms with Crippen molar-refractivity contribution in [1.29, 1.82) is 5.26 Å². The van der Waals surface area contributed by atoms with Crippen LogP contribution in [-0.4, -0.2) is 26.2 Å². The van der Waals surface area contributed by atoms with Gasteiger partial charge in [0.25, 0.3) is 5.91 Å². The van der Waals surface area contributed by atoms with E-state index in [1.165, 1.54) is 6.20 Å². The van der Waals surface area contributed by atoms with Gasteiger partial charge in [0.1, 0.15) is 11.6 Å². The van der Waals surface area contributed by atoms with E-state index in [-0.39, 0.29) is 5.57 Å². The Balaban J connectivity index is 1.89. The van der Waals surface area contributed by atoms with Crippen LogP contribution in [0.25, 0.3) is 0 Å². The fourth-order valence-electron chi connectivity index (χ4n) is 2.16. The predicted octanol–water partition coefficient (Wildman–Crippen LogP) is 3.40. The van der Waals surface area contributed by atoms with Crippen molar-refractivity contribution in [2.75, 3.05) is 30.9 Å². The molecule has 0 saturated heterocycles. The highest BCUT2D eigenvalue weighted by atomic mass is 16.5. The van der Waals surface area contributed by atoms with Gasteiger partial charge in [-0.2, -0.15) is 5.26 Å². The van der Waals surface area contributed by atoms with Crippen molar-refractivity contribution >= 4 is 23.0 Å². The molecule has 0 atom stereocenters.